The summed E-state index contributed by atoms with van der Waals surface area (Å²) in [5, 5.41) is 0. The maximum atomic E-state index is 13.8. The van der Waals surface area contributed by atoms with Crippen LogP contribution in [0, 0.1) is 0 Å². The summed E-state index contributed by atoms with van der Waals surface area (Å²) in [7, 11) is 0. The van der Waals surface area contributed by atoms with E-state index in [1.54, 1.807) is 56.5 Å². The number of rotatable bonds is 10. The van der Waals surface area contributed by atoms with Crippen molar-refractivity contribution in [1.82, 2.24) is 4.57 Å². The van der Waals surface area contributed by atoms with E-state index in [2.05, 4.69) is 4.99 Å². The Balaban J connectivity index is 1.78. The molecule has 3 aromatic rings. The number of aromatic nitrogens is 1. The zero-order valence-corrected chi connectivity index (χ0v) is 23.9. The molecule has 210 valence electrons. The molecule has 0 saturated heterocycles. The zero-order valence-electron chi connectivity index (χ0n) is 23.1. The zero-order chi connectivity index (χ0) is 28.8. The lowest BCUT2D eigenvalue weighted by Crippen LogP contribution is -2.40. The quantitative estimate of drug-likeness (QED) is 0.347. The third-order valence-electron chi connectivity index (χ3n) is 5.92. The molecule has 1 aliphatic heterocycles. The maximum Gasteiger partial charge on any atom is 0.344 e. The largest absolute Gasteiger partial charge is 0.490 e. The first-order chi connectivity index (χ1) is 19.2. The van der Waals surface area contributed by atoms with Crippen molar-refractivity contribution < 1.29 is 28.5 Å². The molecule has 1 aromatic heterocycles. The highest BCUT2D eigenvalue weighted by molar-refractivity contribution is 7.07. The lowest BCUT2D eigenvalue weighted by atomic mass is 9.96. The van der Waals surface area contributed by atoms with E-state index in [0.717, 1.165) is 5.56 Å². The normalized spacial score (nSPS) is 14.9. The molecule has 1 unspecified atom stereocenters. The number of allylic oxidation sites excluding steroid dienone is 1. The van der Waals surface area contributed by atoms with E-state index in [1.165, 1.54) is 11.3 Å². The number of thiazole rings is 1. The van der Waals surface area contributed by atoms with Crippen LogP contribution in [-0.2, 0) is 19.1 Å². The number of esters is 2. The fraction of sp³-hybridized carbons (Fsp3) is 0.333. The van der Waals surface area contributed by atoms with Crippen LogP contribution in [0.4, 0.5) is 0 Å². The predicted molar refractivity (Wildman–Crippen MR) is 151 cm³/mol. The number of ether oxygens (including phenoxy) is 4. The van der Waals surface area contributed by atoms with E-state index in [0.29, 0.717) is 44.3 Å². The van der Waals surface area contributed by atoms with Crippen molar-refractivity contribution in [1.29, 1.82) is 0 Å². The molecule has 4 rings (SSSR count). The SMILES string of the molecule is CCOC(=O)COc1ccc(C=c2sc3n(c2=O)C(c2ccccc2)C(C(=O)OC(C)C)=C(C)N=3)cc1OCC. The Labute approximate surface area is 236 Å². The summed E-state index contributed by atoms with van der Waals surface area (Å²) in [6.45, 7) is 9.29. The Morgan fingerprint density at radius 2 is 1.80 bits per heavy atom. The van der Waals surface area contributed by atoms with Gasteiger partial charge in [-0.05, 0) is 64.0 Å². The molecular formula is C30H32N2O7S. The fourth-order valence-corrected chi connectivity index (χ4v) is 5.35. The first-order valence-corrected chi connectivity index (χ1v) is 13.9. The van der Waals surface area contributed by atoms with Gasteiger partial charge >= 0.3 is 11.9 Å². The van der Waals surface area contributed by atoms with Gasteiger partial charge in [0.1, 0.15) is 0 Å². The van der Waals surface area contributed by atoms with Crippen LogP contribution in [0.25, 0.3) is 6.08 Å². The van der Waals surface area contributed by atoms with Gasteiger partial charge < -0.3 is 18.9 Å². The van der Waals surface area contributed by atoms with Crippen LogP contribution in [0.2, 0.25) is 0 Å². The predicted octanol–water partition coefficient (Wildman–Crippen LogP) is 3.53. The molecule has 10 heteroatoms. The van der Waals surface area contributed by atoms with Crippen molar-refractivity contribution in [2.45, 2.75) is 46.8 Å². The summed E-state index contributed by atoms with van der Waals surface area (Å²) in [5.74, 6) is -0.152. The van der Waals surface area contributed by atoms with E-state index in [4.69, 9.17) is 18.9 Å². The molecule has 0 fully saturated rings. The Kier molecular flexibility index (Phi) is 9.21. The number of hydrogen-bond acceptors (Lipinski definition) is 9. The molecule has 2 aromatic carbocycles. The smallest absolute Gasteiger partial charge is 0.344 e. The van der Waals surface area contributed by atoms with Gasteiger partial charge in [-0.25, -0.2) is 14.6 Å². The van der Waals surface area contributed by atoms with Crippen molar-refractivity contribution in [2.75, 3.05) is 19.8 Å². The molecule has 9 nitrogen and oxygen atoms in total. The second-order valence-corrected chi connectivity index (χ2v) is 10.2. The maximum absolute atomic E-state index is 13.8. The summed E-state index contributed by atoms with van der Waals surface area (Å²) in [5.41, 5.74) is 2.04. The number of carbonyl (C=O) groups excluding carboxylic acids is 2. The second kappa shape index (κ2) is 12.8. The van der Waals surface area contributed by atoms with Crippen LogP contribution in [0.5, 0.6) is 11.5 Å². The molecule has 0 saturated carbocycles. The van der Waals surface area contributed by atoms with Gasteiger partial charge in [-0.15, -0.1) is 0 Å². The van der Waals surface area contributed by atoms with Crippen LogP contribution in [-0.4, -0.2) is 42.4 Å². The van der Waals surface area contributed by atoms with Crippen LogP contribution in [0.1, 0.15) is 51.8 Å². The summed E-state index contributed by atoms with van der Waals surface area (Å²) < 4.78 is 23.8. The number of carbonyl (C=O) groups is 2. The van der Waals surface area contributed by atoms with E-state index < -0.39 is 18.0 Å². The Bertz CT molecular complexity index is 1600. The molecule has 0 N–H and O–H groups in total. The van der Waals surface area contributed by atoms with Gasteiger partial charge in [0.2, 0.25) is 0 Å². The third kappa shape index (κ3) is 6.34. The molecule has 1 atom stereocenters. The first-order valence-electron chi connectivity index (χ1n) is 13.1. The molecule has 0 aliphatic carbocycles. The number of nitrogens with zero attached hydrogens (tertiary/aromatic N) is 2. The number of hydrogen-bond donors (Lipinski definition) is 0. The highest BCUT2D eigenvalue weighted by atomic mass is 32.1. The van der Waals surface area contributed by atoms with Crippen LogP contribution in [0.3, 0.4) is 0 Å². The second-order valence-electron chi connectivity index (χ2n) is 9.18. The summed E-state index contributed by atoms with van der Waals surface area (Å²) >= 11 is 1.24. The van der Waals surface area contributed by atoms with Crippen LogP contribution in [0.15, 0.2) is 69.6 Å². The minimum absolute atomic E-state index is 0.244. The van der Waals surface area contributed by atoms with E-state index in [1.807, 2.05) is 37.3 Å². The van der Waals surface area contributed by atoms with E-state index in [9.17, 15) is 14.4 Å². The molecule has 0 bridgehead atoms. The lowest BCUT2D eigenvalue weighted by Gasteiger charge is -2.25. The van der Waals surface area contributed by atoms with Crippen molar-refractivity contribution in [3.05, 3.63) is 90.6 Å². The van der Waals surface area contributed by atoms with E-state index >= 15 is 0 Å². The Morgan fingerprint density at radius 3 is 2.48 bits per heavy atom. The third-order valence-corrected chi connectivity index (χ3v) is 6.90. The number of benzene rings is 2. The van der Waals surface area contributed by atoms with Gasteiger partial charge in [-0.2, -0.15) is 0 Å². The lowest BCUT2D eigenvalue weighted by molar-refractivity contribution is -0.145. The monoisotopic (exact) mass is 564 g/mol. The summed E-state index contributed by atoms with van der Waals surface area (Å²) in [6, 6.07) is 13.9. The average Bonchev–Trinajstić information content (AvgIpc) is 3.21. The highest BCUT2D eigenvalue weighted by Gasteiger charge is 2.33. The highest BCUT2D eigenvalue weighted by Crippen LogP contribution is 2.31. The minimum atomic E-state index is -0.677. The van der Waals surface area contributed by atoms with Crippen molar-refractivity contribution >= 4 is 29.4 Å². The van der Waals surface area contributed by atoms with Gasteiger partial charge in [0.15, 0.2) is 22.9 Å². The molecule has 40 heavy (non-hydrogen) atoms. The van der Waals surface area contributed by atoms with Crippen LogP contribution < -0.4 is 24.4 Å². The molecule has 0 spiro atoms. The molecule has 0 radical (unpaired) electrons. The van der Waals surface area contributed by atoms with Crippen molar-refractivity contribution in [3.63, 3.8) is 0 Å². The van der Waals surface area contributed by atoms with E-state index in [-0.39, 0.29) is 24.9 Å². The van der Waals surface area contributed by atoms with Gasteiger partial charge in [0.25, 0.3) is 5.56 Å². The number of fused-ring (bicyclic) bond motifs is 1. The molecule has 0 amide bonds. The van der Waals surface area contributed by atoms with Gasteiger partial charge in [-0.3, -0.25) is 9.36 Å². The van der Waals surface area contributed by atoms with Gasteiger partial charge in [0, 0.05) is 0 Å². The Hall–Kier alpha value is -4.18. The Morgan fingerprint density at radius 1 is 1.05 bits per heavy atom. The van der Waals surface area contributed by atoms with Crippen molar-refractivity contribution in [3.8, 4) is 11.5 Å². The topological polar surface area (TPSA) is 105 Å². The van der Waals surface area contributed by atoms with Gasteiger partial charge in [-0.1, -0.05) is 47.7 Å². The average molecular weight is 565 g/mol. The standard InChI is InChI=1S/C30H32N2O7S/c1-6-36-23-15-20(13-14-22(23)38-17-25(33)37-7-2)16-24-28(34)32-27(21-11-9-8-10-12-21)26(29(35)39-18(3)4)19(5)31-30(32)40-24/h8-16,18,27H,6-7,17H2,1-5H3. The minimum Gasteiger partial charge on any atom is -0.490 e. The van der Waals surface area contributed by atoms with Gasteiger partial charge in [0.05, 0.1) is 41.2 Å². The molecular weight excluding hydrogens is 532 g/mol. The molecule has 2 heterocycles. The first kappa shape index (κ1) is 28.8. The summed E-state index contributed by atoms with van der Waals surface area (Å²) in [6.07, 6.45) is 1.42. The van der Waals surface area contributed by atoms with Crippen LogP contribution >= 0.6 is 11.3 Å². The van der Waals surface area contributed by atoms with Crippen molar-refractivity contribution in [2.24, 2.45) is 4.99 Å². The summed E-state index contributed by atoms with van der Waals surface area (Å²) in [4.78, 5) is 43.8. The fourth-order valence-electron chi connectivity index (χ4n) is 4.30. The molecule has 1 aliphatic rings.